The Morgan fingerprint density at radius 2 is 2.04 bits per heavy atom. The molecule has 1 aromatic carbocycles. The predicted molar refractivity (Wildman–Crippen MR) is 83.0 cm³/mol. The molecule has 130 valence electrons. The molecule has 0 unspecified atom stereocenters. The highest BCUT2D eigenvalue weighted by atomic mass is 19.4. The first kappa shape index (κ1) is 17.0. The minimum Gasteiger partial charge on any atom is -0.385 e. The SMILES string of the molecule is O[C@H](c1ncc[nH]1)C1CCN(Cc2cccc(C(F)(F)F)c2)CC1. The van der Waals surface area contributed by atoms with Gasteiger partial charge in [-0.15, -0.1) is 0 Å². The van der Waals surface area contributed by atoms with Gasteiger partial charge in [0, 0.05) is 18.9 Å². The Bertz CT molecular complexity index is 649. The molecule has 24 heavy (non-hydrogen) atoms. The van der Waals surface area contributed by atoms with E-state index >= 15 is 0 Å². The van der Waals surface area contributed by atoms with E-state index in [0.717, 1.165) is 32.0 Å². The summed E-state index contributed by atoms with van der Waals surface area (Å²) in [6.45, 7) is 1.99. The molecule has 0 spiro atoms. The van der Waals surface area contributed by atoms with E-state index in [1.54, 1.807) is 18.5 Å². The second kappa shape index (κ2) is 6.94. The first-order chi connectivity index (χ1) is 11.4. The Kier molecular flexibility index (Phi) is 4.91. The molecule has 2 N–H and O–H groups in total. The van der Waals surface area contributed by atoms with E-state index in [-0.39, 0.29) is 5.92 Å². The van der Waals surface area contributed by atoms with Crippen LogP contribution in [-0.4, -0.2) is 33.1 Å². The lowest BCUT2D eigenvalue weighted by Crippen LogP contribution is -2.35. The Morgan fingerprint density at radius 3 is 2.67 bits per heavy atom. The Balaban J connectivity index is 1.56. The van der Waals surface area contributed by atoms with Crippen molar-refractivity contribution in [3.63, 3.8) is 0 Å². The summed E-state index contributed by atoms with van der Waals surface area (Å²) in [5.41, 5.74) is 0.0537. The maximum Gasteiger partial charge on any atom is 0.416 e. The monoisotopic (exact) mass is 339 g/mol. The van der Waals surface area contributed by atoms with E-state index in [0.29, 0.717) is 17.9 Å². The molecule has 0 radical (unpaired) electrons. The van der Waals surface area contributed by atoms with Crippen molar-refractivity contribution in [2.24, 2.45) is 5.92 Å². The average Bonchev–Trinajstić information content (AvgIpc) is 3.09. The molecule has 1 aliphatic rings. The fourth-order valence-electron chi connectivity index (χ4n) is 3.19. The van der Waals surface area contributed by atoms with Crippen molar-refractivity contribution in [2.45, 2.75) is 31.7 Å². The minimum absolute atomic E-state index is 0.119. The van der Waals surface area contributed by atoms with Crippen LogP contribution in [0.1, 0.15) is 35.9 Å². The van der Waals surface area contributed by atoms with E-state index < -0.39 is 17.8 Å². The van der Waals surface area contributed by atoms with Gasteiger partial charge in [0.1, 0.15) is 11.9 Å². The van der Waals surface area contributed by atoms with Gasteiger partial charge in [-0.25, -0.2) is 4.98 Å². The Hall–Kier alpha value is -1.86. The lowest BCUT2D eigenvalue weighted by molar-refractivity contribution is -0.137. The van der Waals surface area contributed by atoms with Gasteiger partial charge in [0.25, 0.3) is 0 Å². The van der Waals surface area contributed by atoms with Crippen LogP contribution < -0.4 is 0 Å². The molecule has 2 heterocycles. The van der Waals surface area contributed by atoms with Crippen LogP contribution in [-0.2, 0) is 12.7 Å². The van der Waals surface area contributed by atoms with Gasteiger partial charge in [0.2, 0.25) is 0 Å². The van der Waals surface area contributed by atoms with Crippen LogP contribution in [0.15, 0.2) is 36.7 Å². The number of hydrogen-bond donors (Lipinski definition) is 2. The molecule has 7 heteroatoms. The average molecular weight is 339 g/mol. The maximum atomic E-state index is 12.8. The lowest BCUT2D eigenvalue weighted by Gasteiger charge is -2.33. The molecule has 2 aromatic rings. The third kappa shape index (κ3) is 3.96. The molecule has 0 saturated carbocycles. The number of aliphatic hydroxyl groups excluding tert-OH is 1. The van der Waals surface area contributed by atoms with Crippen LogP contribution in [0.5, 0.6) is 0 Å². The highest BCUT2D eigenvalue weighted by Gasteiger charge is 2.31. The number of likely N-dealkylation sites (tertiary alicyclic amines) is 1. The summed E-state index contributed by atoms with van der Waals surface area (Å²) in [6, 6.07) is 5.48. The number of nitrogens with zero attached hydrogens (tertiary/aromatic N) is 2. The van der Waals surface area contributed by atoms with E-state index in [1.807, 2.05) is 0 Å². The van der Waals surface area contributed by atoms with Gasteiger partial charge in [-0.1, -0.05) is 18.2 Å². The number of imidazole rings is 1. The van der Waals surface area contributed by atoms with Gasteiger partial charge in [0.15, 0.2) is 0 Å². The molecule has 1 fully saturated rings. The molecular weight excluding hydrogens is 319 g/mol. The zero-order valence-corrected chi connectivity index (χ0v) is 13.1. The molecule has 0 aliphatic carbocycles. The van der Waals surface area contributed by atoms with Gasteiger partial charge in [-0.05, 0) is 43.5 Å². The molecule has 1 aliphatic heterocycles. The summed E-state index contributed by atoms with van der Waals surface area (Å²) >= 11 is 0. The highest BCUT2D eigenvalue weighted by Crippen LogP contribution is 2.31. The number of aliphatic hydroxyl groups is 1. The van der Waals surface area contributed by atoms with Crippen molar-refractivity contribution < 1.29 is 18.3 Å². The number of H-pyrrole nitrogens is 1. The van der Waals surface area contributed by atoms with E-state index in [4.69, 9.17) is 0 Å². The molecular formula is C17H20F3N3O. The van der Waals surface area contributed by atoms with Crippen LogP contribution in [0, 0.1) is 5.92 Å². The van der Waals surface area contributed by atoms with Gasteiger partial charge >= 0.3 is 6.18 Å². The van der Waals surface area contributed by atoms with Gasteiger partial charge in [-0.3, -0.25) is 4.90 Å². The smallest absolute Gasteiger partial charge is 0.385 e. The zero-order valence-electron chi connectivity index (χ0n) is 13.1. The molecule has 0 bridgehead atoms. The normalized spacial score (nSPS) is 18.7. The number of aromatic nitrogens is 2. The minimum atomic E-state index is -4.31. The first-order valence-electron chi connectivity index (χ1n) is 7.99. The molecule has 1 aromatic heterocycles. The highest BCUT2D eigenvalue weighted by molar-refractivity contribution is 5.25. The molecule has 0 amide bonds. The summed E-state index contributed by atoms with van der Waals surface area (Å²) < 4.78 is 38.3. The number of halogens is 3. The fourth-order valence-corrected chi connectivity index (χ4v) is 3.19. The summed E-state index contributed by atoms with van der Waals surface area (Å²) in [7, 11) is 0. The Labute approximate surface area is 138 Å². The number of piperidine rings is 1. The van der Waals surface area contributed by atoms with Gasteiger partial charge in [-0.2, -0.15) is 13.2 Å². The van der Waals surface area contributed by atoms with Crippen molar-refractivity contribution in [3.05, 3.63) is 53.6 Å². The van der Waals surface area contributed by atoms with Crippen molar-refractivity contribution in [3.8, 4) is 0 Å². The number of nitrogens with one attached hydrogen (secondary N) is 1. The van der Waals surface area contributed by atoms with Crippen molar-refractivity contribution in [2.75, 3.05) is 13.1 Å². The van der Waals surface area contributed by atoms with E-state index in [9.17, 15) is 18.3 Å². The molecule has 1 saturated heterocycles. The lowest BCUT2D eigenvalue weighted by atomic mass is 9.90. The second-order valence-electron chi connectivity index (χ2n) is 6.23. The Morgan fingerprint density at radius 1 is 1.29 bits per heavy atom. The zero-order chi connectivity index (χ0) is 17.2. The quantitative estimate of drug-likeness (QED) is 0.898. The molecule has 3 rings (SSSR count). The summed E-state index contributed by atoms with van der Waals surface area (Å²) in [5.74, 6) is 0.695. The number of aromatic amines is 1. The number of benzene rings is 1. The maximum absolute atomic E-state index is 12.8. The van der Waals surface area contributed by atoms with Crippen LogP contribution in [0.4, 0.5) is 13.2 Å². The number of alkyl halides is 3. The van der Waals surface area contributed by atoms with Gasteiger partial charge in [0.05, 0.1) is 5.56 Å². The summed E-state index contributed by atoms with van der Waals surface area (Å²) in [5, 5.41) is 10.3. The summed E-state index contributed by atoms with van der Waals surface area (Å²) in [4.78, 5) is 9.14. The first-order valence-corrected chi connectivity index (χ1v) is 7.99. The third-order valence-electron chi connectivity index (χ3n) is 4.54. The predicted octanol–water partition coefficient (Wildman–Crippen LogP) is 3.37. The van der Waals surface area contributed by atoms with Crippen LogP contribution >= 0.6 is 0 Å². The number of rotatable bonds is 4. The van der Waals surface area contributed by atoms with Crippen LogP contribution in [0.2, 0.25) is 0 Å². The summed E-state index contributed by atoms with van der Waals surface area (Å²) in [6.07, 6.45) is -0.0452. The van der Waals surface area contributed by atoms with Crippen LogP contribution in [0.3, 0.4) is 0 Å². The standard InChI is InChI=1S/C17H20F3N3O/c18-17(19,20)14-3-1-2-12(10-14)11-23-8-4-13(5-9-23)15(24)16-21-6-7-22-16/h1-3,6-7,10,13,15,24H,4-5,8-9,11H2,(H,21,22)/t15-/m0/s1. The third-order valence-corrected chi connectivity index (χ3v) is 4.54. The number of hydrogen-bond acceptors (Lipinski definition) is 3. The van der Waals surface area contributed by atoms with Crippen molar-refractivity contribution in [1.82, 2.24) is 14.9 Å². The van der Waals surface area contributed by atoms with Crippen LogP contribution in [0.25, 0.3) is 0 Å². The van der Waals surface area contributed by atoms with E-state index in [2.05, 4.69) is 14.9 Å². The second-order valence-corrected chi connectivity index (χ2v) is 6.23. The van der Waals surface area contributed by atoms with Crippen molar-refractivity contribution in [1.29, 1.82) is 0 Å². The van der Waals surface area contributed by atoms with Gasteiger partial charge < -0.3 is 10.1 Å². The van der Waals surface area contributed by atoms with E-state index in [1.165, 1.54) is 12.1 Å². The largest absolute Gasteiger partial charge is 0.416 e. The topological polar surface area (TPSA) is 52.2 Å². The molecule has 1 atom stereocenters. The van der Waals surface area contributed by atoms with Crippen molar-refractivity contribution >= 4 is 0 Å². The molecule has 4 nitrogen and oxygen atoms in total. The fraction of sp³-hybridized carbons (Fsp3) is 0.471.